The van der Waals surface area contributed by atoms with Crippen molar-refractivity contribution < 1.29 is 0 Å². The molecule has 0 radical (unpaired) electrons. The van der Waals surface area contributed by atoms with Gasteiger partial charge in [0.05, 0.1) is 0 Å². The fraction of sp³-hybridized carbons (Fsp3) is 0.667. The zero-order valence-electron chi connectivity index (χ0n) is 10.7. The van der Waals surface area contributed by atoms with Gasteiger partial charge in [0, 0.05) is 17.3 Å². The van der Waals surface area contributed by atoms with Crippen molar-refractivity contribution in [3.63, 3.8) is 0 Å². The van der Waals surface area contributed by atoms with Crippen LogP contribution < -0.4 is 5.32 Å². The van der Waals surface area contributed by atoms with E-state index in [1.165, 1.54) is 49.1 Å². The predicted molar refractivity (Wildman–Crippen MR) is 70.3 cm³/mol. The van der Waals surface area contributed by atoms with E-state index in [0.29, 0.717) is 5.92 Å². The van der Waals surface area contributed by atoms with E-state index in [9.17, 15) is 0 Å². The van der Waals surface area contributed by atoms with Crippen LogP contribution in [-0.2, 0) is 12.8 Å². The van der Waals surface area contributed by atoms with Gasteiger partial charge >= 0.3 is 0 Å². The van der Waals surface area contributed by atoms with Gasteiger partial charge in [-0.05, 0) is 62.7 Å². The Kier molecular flexibility index (Phi) is 3.15. The van der Waals surface area contributed by atoms with E-state index in [-0.39, 0.29) is 0 Å². The molecular weight excluding hydrogens is 208 g/mol. The van der Waals surface area contributed by atoms with Crippen molar-refractivity contribution >= 4 is 0 Å². The van der Waals surface area contributed by atoms with Crippen LogP contribution in [0.25, 0.3) is 0 Å². The fourth-order valence-corrected chi connectivity index (χ4v) is 3.13. The minimum absolute atomic E-state index is 0.693. The molecule has 3 rings (SSSR count). The average molecular weight is 230 g/mol. The monoisotopic (exact) mass is 230 g/mol. The summed E-state index contributed by atoms with van der Waals surface area (Å²) < 4.78 is 0. The zero-order valence-corrected chi connectivity index (χ0v) is 10.7. The molecule has 1 aliphatic heterocycles. The smallest absolute Gasteiger partial charge is 0.0441 e. The van der Waals surface area contributed by atoms with E-state index in [2.05, 4.69) is 24.4 Å². The minimum Gasteiger partial charge on any atom is -0.317 e. The Bertz CT molecular complexity index is 394. The van der Waals surface area contributed by atoms with Gasteiger partial charge in [-0.1, -0.05) is 13.0 Å². The summed E-state index contributed by atoms with van der Waals surface area (Å²) in [4.78, 5) is 4.96. The van der Waals surface area contributed by atoms with Gasteiger partial charge < -0.3 is 5.32 Å². The molecule has 0 aromatic carbocycles. The van der Waals surface area contributed by atoms with E-state index < -0.39 is 0 Å². The van der Waals surface area contributed by atoms with Gasteiger partial charge in [-0.15, -0.1) is 0 Å². The SMILES string of the molecule is CC1CCc2ccc(C3CCNCC3)nc2C1. The maximum Gasteiger partial charge on any atom is 0.0441 e. The van der Waals surface area contributed by atoms with Crippen LogP contribution in [0, 0.1) is 5.92 Å². The second-order valence-electron chi connectivity index (χ2n) is 5.71. The molecule has 92 valence electrons. The number of nitrogens with zero attached hydrogens (tertiary/aromatic N) is 1. The molecule has 1 N–H and O–H groups in total. The second kappa shape index (κ2) is 4.77. The molecule has 17 heavy (non-hydrogen) atoms. The maximum atomic E-state index is 4.96. The van der Waals surface area contributed by atoms with Crippen LogP contribution in [0.2, 0.25) is 0 Å². The lowest BCUT2D eigenvalue weighted by Crippen LogP contribution is -2.27. The third-order valence-corrected chi connectivity index (χ3v) is 4.30. The number of piperidine rings is 1. The lowest BCUT2D eigenvalue weighted by Gasteiger charge is -2.25. The largest absolute Gasteiger partial charge is 0.317 e. The van der Waals surface area contributed by atoms with Crippen LogP contribution in [0.1, 0.15) is 49.1 Å². The summed E-state index contributed by atoms with van der Waals surface area (Å²) in [5.74, 6) is 1.51. The van der Waals surface area contributed by atoms with Crippen molar-refractivity contribution in [2.45, 2.75) is 44.9 Å². The van der Waals surface area contributed by atoms with E-state index in [1.54, 1.807) is 0 Å². The number of pyridine rings is 1. The topological polar surface area (TPSA) is 24.9 Å². The third kappa shape index (κ3) is 2.37. The van der Waals surface area contributed by atoms with Crippen molar-refractivity contribution in [2.75, 3.05) is 13.1 Å². The Morgan fingerprint density at radius 2 is 2.00 bits per heavy atom. The van der Waals surface area contributed by atoms with E-state index >= 15 is 0 Å². The first kappa shape index (κ1) is 11.2. The standard InChI is InChI=1S/C15H22N2/c1-11-2-3-12-4-5-14(17-15(12)10-11)13-6-8-16-9-7-13/h4-5,11,13,16H,2-3,6-10H2,1H3. The number of hydrogen-bond donors (Lipinski definition) is 1. The molecule has 1 aromatic heterocycles. The Hall–Kier alpha value is -0.890. The Balaban J connectivity index is 1.84. The lowest BCUT2D eigenvalue weighted by atomic mass is 9.86. The van der Waals surface area contributed by atoms with Crippen LogP contribution in [-0.4, -0.2) is 18.1 Å². The molecule has 1 unspecified atom stereocenters. The molecule has 1 fully saturated rings. The maximum absolute atomic E-state index is 4.96. The van der Waals surface area contributed by atoms with Gasteiger partial charge in [0.25, 0.3) is 0 Å². The molecule has 0 amide bonds. The highest BCUT2D eigenvalue weighted by atomic mass is 14.9. The average Bonchev–Trinajstić information content (AvgIpc) is 2.39. The lowest BCUT2D eigenvalue weighted by molar-refractivity contribution is 0.446. The first-order chi connectivity index (χ1) is 8.33. The molecule has 0 bridgehead atoms. The Morgan fingerprint density at radius 1 is 1.18 bits per heavy atom. The number of aryl methyl sites for hydroxylation is 1. The van der Waals surface area contributed by atoms with Crippen LogP contribution in [0.3, 0.4) is 0 Å². The van der Waals surface area contributed by atoms with Gasteiger partial charge in [-0.25, -0.2) is 0 Å². The highest BCUT2D eigenvalue weighted by Gasteiger charge is 2.20. The summed E-state index contributed by atoms with van der Waals surface area (Å²) in [6.07, 6.45) is 6.26. The highest BCUT2D eigenvalue weighted by Crippen LogP contribution is 2.28. The van der Waals surface area contributed by atoms with Crippen molar-refractivity contribution in [3.05, 3.63) is 29.1 Å². The normalized spacial score (nSPS) is 25.6. The van der Waals surface area contributed by atoms with Gasteiger partial charge in [-0.3, -0.25) is 4.98 Å². The highest BCUT2D eigenvalue weighted by molar-refractivity contribution is 5.27. The molecule has 2 aliphatic rings. The molecule has 1 saturated heterocycles. The quantitative estimate of drug-likeness (QED) is 0.802. The number of hydrogen-bond acceptors (Lipinski definition) is 2. The van der Waals surface area contributed by atoms with Crippen LogP contribution in [0.4, 0.5) is 0 Å². The van der Waals surface area contributed by atoms with Crippen molar-refractivity contribution in [2.24, 2.45) is 5.92 Å². The summed E-state index contributed by atoms with van der Waals surface area (Å²) in [7, 11) is 0. The Morgan fingerprint density at radius 3 is 2.82 bits per heavy atom. The molecular formula is C15H22N2. The molecule has 2 heteroatoms. The van der Waals surface area contributed by atoms with Gasteiger partial charge in [0.15, 0.2) is 0 Å². The summed E-state index contributed by atoms with van der Waals surface area (Å²) in [5, 5.41) is 3.43. The molecule has 1 aromatic rings. The third-order valence-electron chi connectivity index (χ3n) is 4.30. The van der Waals surface area contributed by atoms with E-state index in [1.807, 2.05) is 0 Å². The molecule has 2 heterocycles. The zero-order chi connectivity index (χ0) is 11.7. The van der Waals surface area contributed by atoms with Crippen LogP contribution >= 0.6 is 0 Å². The van der Waals surface area contributed by atoms with E-state index in [0.717, 1.165) is 19.0 Å². The number of aromatic nitrogens is 1. The predicted octanol–water partition coefficient (Wildman–Crippen LogP) is 2.67. The Labute approximate surface area is 104 Å². The fourth-order valence-electron chi connectivity index (χ4n) is 3.13. The van der Waals surface area contributed by atoms with Crippen molar-refractivity contribution in [1.82, 2.24) is 10.3 Å². The van der Waals surface area contributed by atoms with Gasteiger partial charge in [0.1, 0.15) is 0 Å². The number of nitrogens with one attached hydrogen (secondary N) is 1. The van der Waals surface area contributed by atoms with Crippen molar-refractivity contribution in [3.8, 4) is 0 Å². The molecule has 1 atom stereocenters. The summed E-state index contributed by atoms with van der Waals surface area (Å²) >= 11 is 0. The van der Waals surface area contributed by atoms with Crippen molar-refractivity contribution in [1.29, 1.82) is 0 Å². The molecule has 0 saturated carbocycles. The first-order valence-corrected chi connectivity index (χ1v) is 7.02. The van der Waals surface area contributed by atoms with Crippen LogP contribution in [0.15, 0.2) is 12.1 Å². The molecule has 0 spiro atoms. The van der Waals surface area contributed by atoms with Crippen LogP contribution in [0.5, 0.6) is 0 Å². The minimum atomic E-state index is 0.693. The summed E-state index contributed by atoms with van der Waals surface area (Å²) in [6.45, 7) is 4.65. The van der Waals surface area contributed by atoms with E-state index in [4.69, 9.17) is 4.98 Å². The van der Waals surface area contributed by atoms with Gasteiger partial charge in [0.2, 0.25) is 0 Å². The number of fused-ring (bicyclic) bond motifs is 1. The number of rotatable bonds is 1. The molecule has 2 nitrogen and oxygen atoms in total. The van der Waals surface area contributed by atoms with Gasteiger partial charge in [-0.2, -0.15) is 0 Å². The summed E-state index contributed by atoms with van der Waals surface area (Å²) in [6, 6.07) is 4.62. The summed E-state index contributed by atoms with van der Waals surface area (Å²) in [5.41, 5.74) is 4.24. The molecule has 1 aliphatic carbocycles. The first-order valence-electron chi connectivity index (χ1n) is 7.02. The second-order valence-corrected chi connectivity index (χ2v) is 5.71.